The number of amides is 1. The van der Waals surface area contributed by atoms with Gasteiger partial charge in [0, 0.05) is 24.6 Å². The molecule has 0 fully saturated rings. The van der Waals surface area contributed by atoms with E-state index in [9.17, 15) is 4.79 Å². The number of nitrogens with one attached hydrogen (secondary N) is 3. The Morgan fingerprint density at radius 1 is 1.22 bits per heavy atom. The number of hydrogen-bond acceptors (Lipinski definition) is 6. The third-order valence-corrected chi connectivity index (χ3v) is 4.13. The molecule has 0 radical (unpaired) electrons. The van der Waals surface area contributed by atoms with E-state index in [2.05, 4.69) is 37.7 Å². The number of aromatic nitrogens is 4. The number of aromatic amines is 1. The van der Waals surface area contributed by atoms with Crippen LogP contribution in [0.1, 0.15) is 31.9 Å². The molecule has 0 atom stereocenters. The first-order chi connectivity index (χ1) is 13.2. The number of nitrogens with zero attached hydrogens (tertiary/aromatic N) is 3. The van der Waals surface area contributed by atoms with Gasteiger partial charge in [-0.05, 0) is 18.6 Å². The summed E-state index contributed by atoms with van der Waals surface area (Å²) in [6.45, 7) is 2.88. The van der Waals surface area contributed by atoms with Gasteiger partial charge in [-0.15, -0.1) is 0 Å². The molecule has 1 amide bonds. The highest BCUT2D eigenvalue weighted by atomic mass is 16.5. The number of carbonyl (C=O) groups excluding carboxylic acids is 1. The summed E-state index contributed by atoms with van der Waals surface area (Å²) < 4.78 is 5.79. The first kappa shape index (κ1) is 18.6. The number of anilines is 2. The highest BCUT2D eigenvalue weighted by Crippen LogP contribution is 2.26. The number of unbranched alkanes of at least 4 members (excludes halogenated alkanes) is 2. The van der Waals surface area contributed by atoms with Gasteiger partial charge in [-0.3, -0.25) is 9.89 Å². The first-order valence-corrected chi connectivity index (χ1v) is 9.09. The van der Waals surface area contributed by atoms with Crippen molar-refractivity contribution in [1.29, 1.82) is 0 Å². The lowest BCUT2D eigenvalue weighted by Gasteiger charge is -2.09. The Labute approximate surface area is 157 Å². The second-order valence-electron chi connectivity index (χ2n) is 6.20. The second kappa shape index (κ2) is 8.98. The van der Waals surface area contributed by atoms with E-state index in [0.717, 1.165) is 29.5 Å². The molecule has 0 aliphatic carbocycles. The molecule has 8 heteroatoms. The zero-order valence-electron chi connectivity index (χ0n) is 15.6. The smallest absolute Gasteiger partial charge is 0.225 e. The van der Waals surface area contributed by atoms with Crippen molar-refractivity contribution >= 4 is 28.4 Å². The maximum atomic E-state index is 11.4. The Kier molecular flexibility index (Phi) is 6.19. The molecule has 2 heterocycles. The van der Waals surface area contributed by atoms with E-state index in [0.29, 0.717) is 23.9 Å². The van der Waals surface area contributed by atoms with Crippen molar-refractivity contribution in [3.05, 3.63) is 36.3 Å². The Bertz CT molecular complexity index is 908. The van der Waals surface area contributed by atoms with Crippen LogP contribution in [0.4, 0.5) is 11.6 Å². The molecule has 27 heavy (non-hydrogen) atoms. The number of ether oxygens (including phenoxy) is 1. The molecule has 3 aromatic rings. The molecule has 0 aliphatic rings. The minimum atomic E-state index is -0.0907. The fourth-order valence-electron chi connectivity index (χ4n) is 2.67. The van der Waals surface area contributed by atoms with E-state index < -0.39 is 0 Å². The summed E-state index contributed by atoms with van der Waals surface area (Å²) in [5, 5.41) is 13.7. The molecule has 1 aromatic carbocycles. The van der Waals surface area contributed by atoms with Crippen LogP contribution in [0.15, 0.2) is 30.6 Å². The predicted molar refractivity (Wildman–Crippen MR) is 104 cm³/mol. The number of hydrogen-bond donors (Lipinski definition) is 3. The SMILES string of the molecule is CCCCCOc1ccc2c(Nc3cc(CC(=O)NC)n[nH]3)ncnc2c1. The molecule has 0 bridgehead atoms. The maximum absolute atomic E-state index is 11.4. The standard InChI is InChI=1S/C19H24N6O2/c1-3-4-5-8-27-14-6-7-15-16(11-14)21-12-22-19(15)23-17-9-13(24-25-17)10-18(26)20-2/h6-7,9,11-12H,3-5,8,10H2,1-2H3,(H,20,26)(H2,21,22,23,24,25). The van der Waals surface area contributed by atoms with Gasteiger partial charge < -0.3 is 15.4 Å². The molecule has 0 saturated carbocycles. The van der Waals surface area contributed by atoms with E-state index in [1.54, 1.807) is 13.1 Å². The van der Waals surface area contributed by atoms with Gasteiger partial charge in [0.05, 0.1) is 24.2 Å². The van der Waals surface area contributed by atoms with E-state index in [4.69, 9.17) is 4.74 Å². The molecule has 3 N–H and O–H groups in total. The summed E-state index contributed by atoms with van der Waals surface area (Å²) in [5.74, 6) is 2.03. The summed E-state index contributed by atoms with van der Waals surface area (Å²) in [6.07, 6.45) is 5.10. The van der Waals surface area contributed by atoms with Crippen LogP contribution in [0.3, 0.4) is 0 Å². The van der Waals surface area contributed by atoms with Crippen LogP contribution in [0, 0.1) is 0 Å². The Hall–Kier alpha value is -3.16. The van der Waals surface area contributed by atoms with Crippen LogP contribution in [0.2, 0.25) is 0 Å². The normalized spacial score (nSPS) is 10.7. The van der Waals surface area contributed by atoms with Crippen molar-refractivity contribution in [3.63, 3.8) is 0 Å². The zero-order valence-corrected chi connectivity index (χ0v) is 15.6. The molecule has 8 nitrogen and oxygen atoms in total. The van der Waals surface area contributed by atoms with Crippen molar-refractivity contribution in [3.8, 4) is 5.75 Å². The molecule has 2 aromatic heterocycles. The number of benzene rings is 1. The highest BCUT2D eigenvalue weighted by Gasteiger charge is 2.09. The van der Waals surface area contributed by atoms with Gasteiger partial charge in [-0.25, -0.2) is 9.97 Å². The molecule has 0 saturated heterocycles. The van der Waals surface area contributed by atoms with Crippen molar-refractivity contribution in [1.82, 2.24) is 25.5 Å². The monoisotopic (exact) mass is 368 g/mol. The van der Waals surface area contributed by atoms with E-state index >= 15 is 0 Å². The van der Waals surface area contributed by atoms with Gasteiger partial charge >= 0.3 is 0 Å². The van der Waals surface area contributed by atoms with Crippen LogP contribution in [-0.4, -0.2) is 39.7 Å². The van der Waals surface area contributed by atoms with Crippen LogP contribution in [0.25, 0.3) is 10.9 Å². The van der Waals surface area contributed by atoms with Crippen molar-refractivity contribution in [2.75, 3.05) is 19.0 Å². The minimum absolute atomic E-state index is 0.0907. The van der Waals surface area contributed by atoms with E-state index in [-0.39, 0.29) is 12.3 Å². The lowest BCUT2D eigenvalue weighted by Crippen LogP contribution is -2.20. The molecule has 0 spiro atoms. The Morgan fingerprint density at radius 3 is 2.93 bits per heavy atom. The van der Waals surface area contributed by atoms with E-state index in [1.807, 2.05) is 18.2 Å². The number of fused-ring (bicyclic) bond motifs is 1. The third kappa shape index (κ3) is 4.93. The predicted octanol–water partition coefficient (Wildman–Crippen LogP) is 2.95. The van der Waals surface area contributed by atoms with Gasteiger partial charge in [0.1, 0.15) is 23.7 Å². The van der Waals surface area contributed by atoms with Crippen LogP contribution in [0.5, 0.6) is 5.75 Å². The summed E-state index contributed by atoms with van der Waals surface area (Å²) in [5.41, 5.74) is 1.45. The van der Waals surface area contributed by atoms with Crippen molar-refractivity contribution in [2.24, 2.45) is 0 Å². The molecule has 142 valence electrons. The van der Waals surface area contributed by atoms with Gasteiger partial charge in [-0.1, -0.05) is 19.8 Å². The van der Waals surface area contributed by atoms with Gasteiger partial charge in [-0.2, -0.15) is 5.10 Å². The molecule has 0 unspecified atom stereocenters. The number of likely N-dealkylation sites (N-methyl/N-ethyl adjacent to an activating group) is 1. The summed E-state index contributed by atoms with van der Waals surface area (Å²) in [4.78, 5) is 20.1. The Balaban J connectivity index is 1.72. The van der Waals surface area contributed by atoms with Gasteiger partial charge in [0.25, 0.3) is 0 Å². The fraction of sp³-hybridized carbons (Fsp3) is 0.368. The zero-order chi connectivity index (χ0) is 19.1. The average molecular weight is 368 g/mol. The van der Waals surface area contributed by atoms with E-state index in [1.165, 1.54) is 12.7 Å². The molecule has 3 rings (SSSR count). The van der Waals surface area contributed by atoms with Gasteiger partial charge in [0.2, 0.25) is 5.91 Å². The lowest BCUT2D eigenvalue weighted by atomic mass is 10.2. The highest BCUT2D eigenvalue weighted by molar-refractivity contribution is 5.91. The fourth-order valence-corrected chi connectivity index (χ4v) is 2.67. The topological polar surface area (TPSA) is 105 Å². The van der Waals surface area contributed by atoms with Crippen LogP contribution in [-0.2, 0) is 11.2 Å². The minimum Gasteiger partial charge on any atom is -0.494 e. The molecular formula is C19H24N6O2. The third-order valence-electron chi connectivity index (χ3n) is 4.13. The molecular weight excluding hydrogens is 344 g/mol. The van der Waals surface area contributed by atoms with Crippen LogP contribution >= 0.6 is 0 Å². The van der Waals surface area contributed by atoms with Gasteiger partial charge in [0.15, 0.2) is 0 Å². The first-order valence-electron chi connectivity index (χ1n) is 9.09. The largest absolute Gasteiger partial charge is 0.494 e. The Morgan fingerprint density at radius 2 is 2.11 bits per heavy atom. The second-order valence-corrected chi connectivity index (χ2v) is 6.20. The quantitative estimate of drug-likeness (QED) is 0.502. The maximum Gasteiger partial charge on any atom is 0.225 e. The summed E-state index contributed by atoms with van der Waals surface area (Å²) in [7, 11) is 1.60. The summed E-state index contributed by atoms with van der Waals surface area (Å²) in [6, 6.07) is 7.56. The van der Waals surface area contributed by atoms with Crippen molar-refractivity contribution in [2.45, 2.75) is 32.6 Å². The van der Waals surface area contributed by atoms with Crippen LogP contribution < -0.4 is 15.4 Å². The van der Waals surface area contributed by atoms with Crippen molar-refractivity contribution < 1.29 is 9.53 Å². The summed E-state index contributed by atoms with van der Waals surface area (Å²) >= 11 is 0. The molecule has 0 aliphatic heterocycles. The number of rotatable bonds is 9. The number of carbonyl (C=O) groups is 1. The average Bonchev–Trinajstić information content (AvgIpc) is 3.12. The number of H-pyrrole nitrogens is 1. The lowest BCUT2D eigenvalue weighted by molar-refractivity contribution is -0.120.